The molecule has 19 heavy (non-hydrogen) atoms. The Kier molecular flexibility index (Phi) is 3.52. The second-order valence-electron chi connectivity index (χ2n) is 4.73. The van der Waals surface area contributed by atoms with Crippen molar-refractivity contribution in [1.82, 2.24) is 24.8 Å². The normalized spacial score (nSPS) is 20.6. The Balaban J connectivity index is 1.67. The molecule has 0 aromatic carbocycles. The molecular weight excluding hydrogens is 242 g/mol. The Labute approximate surface area is 111 Å². The summed E-state index contributed by atoms with van der Waals surface area (Å²) in [5.41, 5.74) is 2.09. The quantitative estimate of drug-likeness (QED) is 0.893. The molecule has 100 valence electrons. The topological polar surface area (TPSA) is 66.9 Å². The number of aromatic amines is 1. The highest BCUT2D eigenvalue weighted by molar-refractivity contribution is 5.03. The van der Waals surface area contributed by atoms with E-state index in [1.54, 1.807) is 12.5 Å². The first-order valence-electron chi connectivity index (χ1n) is 6.42. The predicted molar refractivity (Wildman–Crippen MR) is 69.3 cm³/mol. The smallest absolute Gasteiger partial charge is 0.158 e. The van der Waals surface area contributed by atoms with Gasteiger partial charge in [-0.2, -0.15) is 0 Å². The van der Waals surface area contributed by atoms with Crippen molar-refractivity contribution in [2.75, 3.05) is 19.7 Å². The van der Waals surface area contributed by atoms with Gasteiger partial charge in [-0.05, 0) is 13.0 Å². The number of imidazole rings is 1. The van der Waals surface area contributed by atoms with Crippen LogP contribution in [0.2, 0.25) is 0 Å². The Hall–Kier alpha value is -1.79. The summed E-state index contributed by atoms with van der Waals surface area (Å²) in [5, 5.41) is 0. The third-order valence-corrected chi connectivity index (χ3v) is 3.20. The maximum absolute atomic E-state index is 5.78. The largest absolute Gasteiger partial charge is 0.368 e. The van der Waals surface area contributed by atoms with Crippen LogP contribution in [-0.2, 0) is 11.3 Å². The minimum absolute atomic E-state index is 0.0448. The van der Waals surface area contributed by atoms with Crippen molar-refractivity contribution in [2.24, 2.45) is 0 Å². The summed E-state index contributed by atoms with van der Waals surface area (Å²) < 4.78 is 5.78. The summed E-state index contributed by atoms with van der Waals surface area (Å²) in [4.78, 5) is 18.2. The molecule has 0 amide bonds. The average Bonchev–Trinajstić information content (AvgIpc) is 2.92. The van der Waals surface area contributed by atoms with E-state index in [1.165, 1.54) is 0 Å². The highest BCUT2D eigenvalue weighted by Gasteiger charge is 2.24. The number of aryl methyl sites for hydroxylation is 1. The lowest BCUT2D eigenvalue weighted by molar-refractivity contribution is -0.0376. The van der Waals surface area contributed by atoms with E-state index in [-0.39, 0.29) is 6.10 Å². The summed E-state index contributed by atoms with van der Waals surface area (Å²) in [7, 11) is 0. The van der Waals surface area contributed by atoms with Crippen LogP contribution in [0.5, 0.6) is 0 Å². The van der Waals surface area contributed by atoms with Crippen LogP contribution in [-0.4, -0.2) is 44.5 Å². The van der Waals surface area contributed by atoms with Crippen molar-refractivity contribution in [3.63, 3.8) is 0 Å². The van der Waals surface area contributed by atoms with Crippen molar-refractivity contribution >= 4 is 0 Å². The summed E-state index contributed by atoms with van der Waals surface area (Å²) in [6.07, 6.45) is 5.30. The molecule has 1 atom stereocenters. The van der Waals surface area contributed by atoms with E-state index in [2.05, 4.69) is 24.8 Å². The van der Waals surface area contributed by atoms with Gasteiger partial charge in [0.15, 0.2) is 5.82 Å². The molecule has 6 nitrogen and oxygen atoms in total. The van der Waals surface area contributed by atoms with Gasteiger partial charge in [-0.1, -0.05) is 0 Å². The Morgan fingerprint density at radius 2 is 2.47 bits per heavy atom. The lowest BCUT2D eigenvalue weighted by atomic mass is 10.2. The zero-order valence-corrected chi connectivity index (χ0v) is 10.9. The van der Waals surface area contributed by atoms with Crippen LogP contribution in [0.25, 0.3) is 0 Å². The lowest BCUT2D eigenvalue weighted by Crippen LogP contribution is -2.38. The molecular formula is C13H17N5O. The van der Waals surface area contributed by atoms with Gasteiger partial charge in [0.1, 0.15) is 6.10 Å². The highest BCUT2D eigenvalue weighted by atomic mass is 16.5. The number of aromatic nitrogens is 4. The Morgan fingerprint density at radius 3 is 3.26 bits per heavy atom. The maximum atomic E-state index is 5.78. The standard InChI is InChI=1S/C13H17N5O/c1-10-2-3-15-13(17-10)12-8-18(4-5-19-12)7-11-6-14-9-16-11/h2-3,6,9,12H,4-5,7-8H2,1H3,(H,14,16). The Bertz CT molecular complexity index is 528. The molecule has 2 aromatic heterocycles. The second-order valence-corrected chi connectivity index (χ2v) is 4.73. The molecule has 2 aromatic rings. The summed E-state index contributed by atoms with van der Waals surface area (Å²) in [6, 6.07) is 1.90. The van der Waals surface area contributed by atoms with Crippen molar-refractivity contribution in [1.29, 1.82) is 0 Å². The van der Waals surface area contributed by atoms with E-state index in [9.17, 15) is 0 Å². The summed E-state index contributed by atoms with van der Waals surface area (Å²) >= 11 is 0. The number of nitrogens with one attached hydrogen (secondary N) is 1. The molecule has 0 aliphatic carbocycles. The van der Waals surface area contributed by atoms with Gasteiger partial charge >= 0.3 is 0 Å². The van der Waals surface area contributed by atoms with Gasteiger partial charge in [-0.25, -0.2) is 15.0 Å². The fourth-order valence-electron chi connectivity index (χ4n) is 2.24. The van der Waals surface area contributed by atoms with Crippen LogP contribution in [0.1, 0.15) is 23.3 Å². The molecule has 3 rings (SSSR count). The zero-order chi connectivity index (χ0) is 13.1. The number of H-pyrrole nitrogens is 1. The summed E-state index contributed by atoms with van der Waals surface area (Å²) in [6.45, 7) is 5.25. The van der Waals surface area contributed by atoms with E-state index in [0.717, 1.165) is 36.8 Å². The molecule has 1 aliphatic rings. The van der Waals surface area contributed by atoms with Crippen molar-refractivity contribution in [3.05, 3.63) is 42.0 Å². The number of hydrogen-bond acceptors (Lipinski definition) is 5. The molecule has 0 radical (unpaired) electrons. The van der Waals surface area contributed by atoms with E-state index in [1.807, 2.05) is 19.2 Å². The maximum Gasteiger partial charge on any atom is 0.158 e. The van der Waals surface area contributed by atoms with Crippen LogP contribution in [0, 0.1) is 6.92 Å². The van der Waals surface area contributed by atoms with Crippen molar-refractivity contribution < 1.29 is 4.74 Å². The minimum Gasteiger partial charge on any atom is -0.368 e. The first-order chi connectivity index (χ1) is 9.31. The van der Waals surface area contributed by atoms with Gasteiger partial charge in [-0.15, -0.1) is 0 Å². The number of morpholine rings is 1. The molecule has 0 saturated carbocycles. The van der Waals surface area contributed by atoms with Gasteiger partial charge in [0.05, 0.1) is 12.9 Å². The van der Waals surface area contributed by atoms with E-state index < -0.39 is 0 Å². The van der Waals surface area contributed by atoms with Crippen LogP contribution < -0.4 is 0 Å². The third kappa shape index (κ3) is 2.97. The van der Waals surface area contributed by atoms with Crippen LogP contribution in [0.4, 0.5) is 0 Å². The minimum atomic E-state index is -0.0448. The number of rotatable bonds is 3. The lowest BCUT2D eigenvalue weighted by Gasteiger charge is -2.31. The monoisotopic (exact) mass is 259 g/mol. The highest BCUT2D eigenvalue weighted by Crippen LogP contribution is 2.20. The first-order valence-corrected chi connectivity index (χ1v) is 6.42. The molecule has 1 N–H and O–H groups in total. The van der Waals surface area contributed by atoms with Gasteiger partial charge in [0, 0.05) is 43.4 Å². The van der Waals surface area contributed by atoms with Gasteiger partial charge < -0.3 is 9.72 Å². The van der Waals surface area contributed by atoms with Crippen molar-refractivity contribution in [2.45, 2.75) is 19.6 Å². The van der Waals surface area contributed by atoms with Crippen LogP contribution >= 0.6 is 0 Å². The number of hydrogen-bond donors (Lipinski definition) is 1. The number of nitrogens with zero attached hydrogens (tertiary/aromatic N) is 4. The van der Waals surface area contributed by atoms with E-state index in [0.29, 0.717) is 6.61 Å². The molecule has 0 spiro atoms. The molecule has 6 heteroatoms. The second kappa shape index (κ2) is 5.46. The summed E-state index contributed by atoms with van der Waals surface area (Å²) in [5.74, 6) is 0.773. The molecule has 1 fully saturated rings. The fourth-order valence-corrected chi connectivity index (χ4v) is 2.24. The van der Waals surface area contributed by atoms with Crippen molar-refractivity contribution in [3.8, 4) is 0 Å². The molecule has 1 saturated heterocycles. The van der Waals surface area contributed by atoms with E-state index >= 15 is 0 Å². The predicted octanol–water partition coefficient (Wildman–Crippen LogP) is 1.08. The van der Waals surface area contributed by atoms with Gasteiger partial charge in [-0.3, -0.25) is 4.90 Å². The van der Waals surface area contributed by atoms with E-state index in [4.69, 9.17) is 4.74 Å². The Morgan fingerprint density at radius 1 is 1.53 bits per heavy atom. The van der Waals surface area contributed by atoms with Crippen LogP contribution in [0.3, 0.4) is 0 Å². The molecule has 0 bridgehead atoms. The third-order valence-electron chi connectivity index (χ3n) is 3.20. The molecule has 1 aliphatic heterocycles. The van der Waals surface area contributed by atoms with Gasteiger partial charge in [0.25, 0.3) is 0 Å². The van der Waals surface area contributed by atoms with Crippen LogP contribution in [0.15, 0.2) is 24.8 Å². The molecule has 1 unspecified atom stereocenters. The SMILES string of the molecule is Cc1ccnc(C2CN(Cc3cnc[nH]3)CCO2)n1. The zero-order valence-electron chi connectivity index (χ0n) is 10.9. The fraction of sp³-hybridized carbons (Fsp3) is 0.462. The molecule has 3 heterocycles. The average molecular weight is 259 g/mol. The number of ether oxygens (including phenoxy) is 1. The first kappa shape index (κ1) is 12.3. The van der Waals surface area contributed by atoms with Gasteiger partial charge in [0.2, 0.25) is 0 Å².